The van der Waals surface area contributed by atoms with Gasteiger partial charge in [-0.2, -0.15) is 0 Å². The van der Waals surface area contributed by atoms with Crippen molar-refractivity contribution in [3.8, 4) is 0 Å². The predicted molar refractivity (Wildman–Crippen MR) is 61.8 cm³/mol. The largest absolute Gasteiger partial charge is 0.396 e. The van der Waals surface area contributed by atoms with Gasteiger partial charge in [-0.25, -0.2) is 4.39 Å². The number of likely N-dealkylation sites (tertiary alicyclic amines) is 1. The molecule has 1 aromatic rings. The Bertz CT molecular complexity index is 317. The third kappa shape index (κ3) is 2.80. The lowest BCUT2D eigenvalue weighted by Gasteiger charge is -2.33. The molecule has 0 unspecified atom stereocenters. The summed E-state index contributed by atoms with van der Waals surface area (Å²) in [5.41, 5.74) is 1.22. The minimum Gasteiger partial charge on any atom is -0.396 e. The van der Waals surface area contributed by atoms with Crippen molar-refractivity contribution >= 4 is 0 Å². The predicted octanol–water partition coefficient (Wildman–Crippen LogP) is 1.84. The van der Waals surface area contributed by atoms with Gasteiger partial charge < -0.3 is 5.11 Å². The van der Waals surface area contributed by atoms with Gasteiger partial charge in [-0.1, -0.05) is 30.3 Å². The fourth-order valence-electron chi connectivity index (χ4n) is 2.21. The number of rotatable bonds is 3. The van der Waals surface area contributed by atoms with Crippen molar-refractivity contribution < 1.29 is 9.50 Å². The van der Waals surface area contributed by atoms with Crippen LogP contribution in [0, 0.1) is 5.92 Å². The number of halogens is 1. The molecular formula is C13H18FNO. The Morgan fingerprint density at radius 2 is 2.06 bits per heavy atom. The molecule has 0 bridgehead atoms. The highest BCUT2D eigenvalue weighted by Crippen LogP contribution is 2.21. The minimum atomic E-state index is -0.887. The van der Waals surface area contributed by atoms with Crippen molar-refractivity contribution in [1.29, 1.82) is 0 Å². The Morgan fingerprint density at radius 1 is 1.31 bits per heavy atom. The molecule has 2 atom stereocenters. The van der Waals surface area contributed by atoms with E-state index in [9.17, 15) is 4.39 Å². The molecule has 0 aromatic heterocycles. The summed E-state index contributed by atoms with van der Waals surface area (Å²) in [6.45, 7) is 2.10. The molecule has 16 heavy (non-hydrogen) atoms. The van der Waals surface area contributed by atoms with Gasteiger partial charge in [0.05, 0.1) is 0 Å². The van der Waals surface area contributed by atoms with E-state index in [0.717, 1.165) is 19.5 Å². The summed E-state index contributed by atoms with van der Waals surface area (Å²) in [4.78, 5) is 2.12. The molecule has 88 valence electrons. The number of aliphatic hydroxyl groups excluding tert-OH is 1. The Balaban J connectivity index is 1.89. The second kappa shape index (κ2) is 5.41. The lowest BCUT2D eigenvalue weighted by Crippen LogP contribution is -2.42. The van der Waals surface area contributed by atoms with Gasteiger partial charge in [-0.3, -0.25) is 4.90 Å². The van der Waals surface area contributed by atoms with E-state index in [-0.39, 0.29) is 12.5 Å². The number of alkyl halides is 1. The van der Waals surface area contributed by atoms with Gasteiger partial charge in [0.1, 0.15) is 6.17 Å². The zero-order valence-corrected chi connectivity index (χ0v) is 9.35. The van der Waals surface area contributed by atoms with Crippen molar-refractivity contribution in [2.75, 3.05) is 19.7 Å². The van der Waals surface area contributed by atoms with Crippen LogP contribution in [0.1, 0.15) is 12.0 Å². The van der Waals surface area contributed by atoms with Gasteiger partial charge in [0.25, 0.3) is 0 Å². The van der Waals surface area contributed by atoms with Crippen LogP contribution in [0.25, 0.3) is 0 Å². The highest BCUT2D eigenvalue weighted by atomic mass is 19.1. The van der Waals surface area contributed by atoms with Gasteiger partial charge in [0, 0.05) is 25.6 Å². The van der Waals surface area contributed by atoms with E-state index in [4.69, 9.17) is 5.11 Å². The van der Waals surface area contributed by atoms with Gasteiger partial charge in [-0.05, 0) is 18.5 Å². The SMILES string of the molecule is OC[C@H]1CCN(Cc2ccccc2)C[C@H]1F. The van der Waals surface area contributed by atoms with E-state index in [1.165, 1.54) is 5.56 Å². The first-order chi connectivity index (χ1) is 7.79. The highest BCUT2D eigenvalue weighted by Gasteiger charge is 2.28. The molecule has 0 amide bonds. The number of benzene rings is 1. The van der Waals surface area contributed by atoms with Crippen molar-refractivity contribution in [2.24, 2.45) is 5.92 Å². The summed E-state index contributed by atoms with van der Waals surface area (Å²) < 4.78 is 13.6. The maximum absolute atomic E-state index is 13.6. The van der Waals surface area contributed by atoms with Crippen LogP contribution in [-0.2, 0) is 6.54 Å². The molecular weight excluding hydrogens is 205 g/mol. The molecule has 1 aliphatic rings. The topological polar surface area (TPSA) is 23.5 Å². The Morgan fingerprint density at radius 3 is 2.69 bits per heavy atom. The van der Waals surface area contributed by atoms with Gasteiger partial charge in [0.2, 0.25) is 0 Å². The first-order valence-electron chi connectivity index (χ1n) is 5.81. The maximum Gasteiger partial charge on any atom is 0.118 e. The minimum absolute atomic E-state index is 0.0274. The lowest BCUT2D eigenvalue weighted by atomic mass is 9.95. The van der Waals surface area contributed by atoms with Crippen molar-refractivity contribution in [1.82, 2.24) is 4.90 Å². The smallest absolute Gasteiger partial charge is 0.118 e. The molecule has 2 nitrogen and oxygen atoms in total. The maximum atomic E-state index is 13.6. The highest BCUT2D eigenvalue weighted by molar-refractivity contribution is 5.14. The van der Waals surface area contributed by atoms with E-state index in [2.05, 4.69) is 17.0 Å². The third-order valence-corrected chi connectivity index (χ3v) is 3.24. The lowest BCUT2D eigenvalue weighted by molar-refractivity contribution is 0.0471. The van der Waals surface area contributed by atoms with Crippen LogP contribution in [0.5, 0.6) is 0 Å². The standard InChI is InChI=1S/C13H18FNO/c14-13-9-15(7-6-12(13)10-16)8-11-4-2-1-3-5-11/h1-5,12-13,16H,6-10H2/t12-,13-/m1/s1. The summed E-state index contributed by atoms with van der Waals surface area (Å²) in [5.74, 6) is -0.160. The first kappa shape index (κ1) is 11.6. The number of aliphatic hydroxyl groups is 1. The second-order valence-electron chi connectivity index (χ2n) is 4.47. The van der Waals surface area contributed by atoms with E-state index in [1.54, 1.807) is 0 Å². The second-order valence-corrected chi connectivity index (χ2v) is 4.47. The van der Waals surface area contributed by atoms with Crippen molar-refractivity contribution in [2.45, 2.75) is 19.1 Å². The Kier molecular flexibility index (Phi) is 3.91. The molecule has 1 heterocycles. The quantitative estimate of drug-likeness (QED) is 0.845. The van der Waals surface area contributed by atoms with Crippen molar-refractivity contribution in [3.63, 3.8) is 0 Å². The van der Waals surface area contributed by atoms with Crippen molar-refractivity contribution in [3.05, 3.63) is 35.9 Å². The summed E-state index contributed by atoms with van der Waals surface area (Å²) in [7, 11) is 0. The molecule has 2 rings (SSSR count). The molecule has 3 heteroatoms. The van der Waals surface area contributed by atoms with Crippen LogP contribution in [0.15, 0.2) is 30.3 Å². The van der Waals surface area contributed by atoms with Crippen LogP contribution < -0.4 is 0 Å². The number of hydrogen-bond acceptors (Lipinski definition) is 2. The van der Waals surface area contributed by atoms with Gasteiger partial charge in [-0.15, -0.1) is 0 Å². The summed E-state index contributed by atoms with van der Waals surface area (Å²) in [6, 6.07) is 10.1. The molecule has 1 N–H and O–H groups in total. The molecule has 1 aromatic carbocycles. The van der Waals surface area contributed by atoms with Crippen LogP contribution in [0.2, 0.25) is 0 Å². The number of hydrogen-bond donors (Lipinski definition) is 1. The number of nitrogens with zero attached hydrogens (tertiary/aromatic N) is 1. The molecule has 0 spiro atoms. The normalized spacial score (nSPS) is 26.9. The van der Waals surface area contributed by atoms with Crippen LogP contribution in [0.4, 0.5) is 4.39 Å². The summed E-state index contributed by atoms with van der Waals surface area (Å²) >= 11 is 0. The fourth-order valence-corrected chi connectivity index (χ4v) is 2.21. The monoisotopic (exact) mass is 223 g/mol. The van der Waals surface area contributed by atoms with Crippen LogP contribution in [0.3, 0.4) is 0 Å². The van der Waals surface area contributed by atoms with E-state index in [1.807, 2.05) is 18.2 Å². The van der Waals surface area contributed by atoms with Gasteiger partial charge in [0.15, 0.2) is 0 Å². The average Bonchev–Trinajstić information content (AvgIpc) is 2.31. The Hall–Kier alpha value is -0.930. The molecule has 0 saturated carbocycles. The fraction of sp³-hybridized carbons (Fsp3) is 0.538. The van der Waals surface area contributed by atoms with E-state index >= 15 is 0 Å². The van der Waals surface area contributed by atoms with Crippen LogP contribution >= 0.6 is 0 Å². The third-order valence-electron chi connectivity index (χ3n) is 3.24. The zero-order chi connectivity index (χ0) is 11.4. The molecule has 1 saturated heterocycles. The molecule has 1 aliphatic heterocycles. The molecule has 0 radical (unpaired) electrons. The molecule has 0 aliphatic carbocycles. The first-order valence-corrected chi connectivity index (χ1v) is 5.81. The summed E-state index contributed by atoms with van der Waals surface area (Å²) in [5, 5.41) is 8.98. The zero-order valence-electron chi connectivity index (χ0n) is 9.35. The van der Waals surface area contributed by atoms with E-state index in [0.29, 0.717) is 6.54 Å². The van der Waals surface area contributed by atoms with Crippen LogP contribution in [-0.4, -0.2) is 35.9 Å². The average molecular weight is 223 g/mol. The molecule has 1 fully saturated rings. The number of piperidine rings is 1. The summed E-state index contributed by atoms with van der Waals surface area (Å²) in [6.07, 6.45) is -0.132. The van der Waals surface area contributed by atoms with Gasteiger partial charge >= 0.3 is 0 Å². The van der Waals surface area contributed by atoms with E-state index < -0.39 is 6.17 Å². The Labute approximate surface area is 95.7 Å².